The third-order valence-corrected chi connectivity index (χ3v) is 6.75. The molecule has 1 aliphatic rings. The molecule has 1 saturated carbocycles. The van der Waals surface area contributed by atoms with Crippen molar-refractivity contribution in [2.75, 3.05) is 20.3 Å². The average Bonchev–Trinajstić information content (AvgIpc) is 3.63. The van der Waals surface area contributed by atoms with Crippen LogP contribution in [0.5, 0.6) is 23.3 Å². The van der Waals surface area contributed by atoms with Gasteiger partial charge >= 0.3 is 5.97 Å². The summed E-state index contributed by atoms with van der Waals surface area (Å²) in [5.41, 5.74) is 1.45. The lowest BCUT2D eigenvalue weighted by Crippen LogP contribution is -2.32. The summed E-state index contributed by atoms with van der Waals surface area (Å²) in [5.74, 6) is -0.205. The minimum Gasteiger partial charge on any atom is -0.494 e. The second-order valence-corrected chi connectivity index (χ2v) is 9.60. The number of halogens is 2. The summed E-state index contributed by atoms with van der Waals surface area (Å²) in [6.07, 6.45) is 1.98. The van der Waals surface area contributed by atoms with Crippen LogP contribution in [-0.2, 0) is 17.9 Å². The molecule has 198 valence electrons. The van der Waals surface area contributed by atoms with Crippen molar-refractivity contribution in [1.82, 2.24) is 9.47 Å². The van der Waals surface area contributed by atoms with Crippen LogP contribution in [0.3, 0.4) is 0 Å². The predicted octanol–water partition coefficient (Wildman–Crippen LogP) is 5.21. The number of methoxy groups -OCH3 is 1. The Bertz CT molecular complexity index is 1230. The molecule has 0 spiro atoms. The van der Waals surface area contributed by atoms with Crippen LogP contribution in [0, 0.1) is 11.7 Å². The molecule has 1 fully saturated rings. The summed E-state index contributed by atoms with van der Waals surface area (Å²) in [7, 11) is 1.53. The Morgan fingerprint density at radius 2 is 1.86 bits per heavy atom. The fraction of sp³-hybridized carbons (Fsp3) is 0.370. The summed E-state index contributed by atoms with van der Waals surface area (Å²) in [6.45, 7) is 1.54. The summed E-state index contributed by atoms with van der Waals surface area (Å²) >= 11 is 5.87. The van der Waals surface area contributed by atoms with Crippen molar-refractivity contribution in [2.24, 2.45) is 5.92 Å². The number of hydrogen-bond acceptors (Lipinski definition) is 6. The van der Waals surface area contributed by atoms with Gasteiger partial charge in [-0.3, -0.25) is 14.3 Å². The van der Waals surface area contributed by atoms with E-state index in [1.807, 2.05) is 12.1 Å². The molecule has 0 saturated heterocycles. The average molecular weight is 533 g/mol. The number of ether oxygens (including phenoxy) is 2. The van der Waals surface area contributed by atoms with E-state index < -0.39 is 17.8 Å². The minimum atomic E-state index is -0.970. The standard InChI is InChI=1S/C27H30ClFN2O6/c1-36-24-12-18(4-7-23(24)37-11-10-31-25(32)8-9-26(31)33)16-30(15-17-2-3-17)22(14-27(34)35)19-5-6-20(28)21(29)13-19/h4-9,12-13,17,22,32-33H,2-3,10-11,14-16H2,1H3,(H,34,35). The number of benzene rings is 2. The zero-order chi connectivity index (χ0) is 26.5. The van der Waals surface area contributed by atoms with Gasteiger partial charge in [-0.2, -0.15) is 0 Å². The lowest BCUT2D eigenvalue weighted by atomic mass is 10.00. The number of carbonyl (C=O) groups is 1. The molecule has 0 amide bonds. The molecule has 1 aromatic heterocycles. The third-order valence-electron chi connectivity index (χ3n) is 6.45. The Morgan fingerprint density at radius 1 is 1.14 bits per heavy atom. The molecule has 4 rings (SSSR count). The van der Waals surface area contributed by atoms with Crippen LogP contribution >= 0.6 is 11.6 Å². The molecule has 10 heteroatoms. The molecule has 1 aliphatic carbocycles. The highest BCUT2D eigenvalue weighted by Gasteiger charge is 2.31. The molecular formula is C27H30ClFN2O6. The smallest absolute Gasteiger partial charge is 0.305 e. The predicted molar refractivity (Wildman–Crippen MR) is 136 cm³/mol. The molecule has 0 bridgehead atoms. The topological polar surface area (TPSA) is 104 Å². The maximum atomic E-state index is 14.3. The first kappa shape index (κ1) is 26.6. The maximum Gasteiger partial charge on any atom is 0.305 e. The van der Waals surface area contributed by atoms with Crippen molar-refractivity contribution in [3.8, 4) is 23.3 Å². The molecule has 3 aromatic rings. The molecule has 37 heavy (non-hydrogen) atoms. The van der Waals surface area contributed by atoms with Gasteiger partial charge in [0.1, 0.15) is 12.4 Å². The largest absolute Gasteiger partial charge is 0.494 e. The van der Waals surface area contributed by atoms with Crippen molar-refractivity contribution < 1.29 is 34.0 Å². The van der Waals surface area contributed by atoms with Crippen LogP contribution in [0.4, 0.5) is 4.39 Å². The minimum absolute atomic E-state index is 0.00547. The normalized spacial score (nSPS) is 14.1. The second-order valence-electron chi connectivity index (χ2n) is 9.20. The van der Waals surface area contributed by atoms with Gasteiger partial charge in [-0.05, 0) is 54.2 Å². The SMILES string of the molecule is COc1cc(CN(CC2CC2)C(CC(=O)O)c2ccc(Cl)c(F)c2)ccc1OCCn1c(O)ccc1O. The molecule has 3 N–H and O–H groups in total. The van der Waals surface area contributed by atoms with Crippen LogP contribution in [0.25, 0.3) is 0 Å². The van der Waals surface area contributed by atoms with Gasteiger partial charge < -0.3 is 24.8 Å². The van der Waals surface area contributed by atoms with Crippen molar-refractivity contribution in [3.63, 3.8) is 0 Å². The van der Waals surface area contributed by atoms with Gasteiger partial charge in [-0.25, -0.2) is 4.39 Å². The first-order valence-electron chi connectivity index (χ1n) is 12.0. The Balaban J connectivity index is 1.52. The highest BCUT2D eigenvalue weighted by molar-refractivity contribution is 6.30. The lowest BCUT2D eigenvalue weighted by Gasteiger charge is -2.32. The van der Waals surface area contributed by atoms with E-state index in [9.17, 15) is 24.5 Å². The van der Waals surface area contributed by atoms with Crippen molar-refractivity contribution in [2.45, 2.75) is 38.4 Å². The molecule has 0 aliphatic heterocycles. The van der Waals surface area contributed by atoms with Gasteiger partial charge in [0, 0.05) is 31.3 Å². The lowest BCUT2D eigenvalue weighted by molar-refractivity contribution is -0.138. The van der Waals surface area contributed by atoms with E-state index in [0.717, 1.165) is 18.4 Å². The molecule has 1 atom stereocenters. The van der Waals surface area contributed by atoms with Gasteiger partial charge in [0.2, 0.25) is 0 Å². The van der Waals surface area contributed by atoms with Gasteiger partial charge in [-0.15, -0.1) is 0 Å². The van der Waals surface area contributed by atoms with Gasteiger partial charge in [0.15, 0.2) is 23.3 Å². The number of nitrogens with zero attached hydrogens (tertiary/aromatic N) is 2. The zero-order valence-electron chi connectivity index (χ0n) is 20.4. The molecule has 0 radical (unpaired) electrons. The van der Waals surface area contributed by atoms with Gasteiger partial charge in [-0.1, -0.05) is 23.7 Å². The number of carboxylic acids is 1. The number of hydrogen-bond donors (Lipinski definition) is 3. The van der Waals surface area contributed by atoms with E-state index in [0.29, 0.717) is 36.1 Å². The van der Waals surface area contributed by atoms with E-state index in [4.69, 9.17) is 21.1 Å². The summed E-state index contributed by atoms with van der Waals surface area (Å²) in [5, 5.41) is 29.2. The van der Waals surface area contributed by atoms with Crippen molar-refractivity contribution >= 4 is 17.6 Å². The quantitative estimate of drug-likeness (QED) is 0.278. The van der Waals surface area contributed by atoms with Crippen molar-refractivity contribution in [1.29, 1.82) is 0 Å². The monoisotopic (exact) mass is 532 g/mol. The third kappa shape index (κ3) is 6.87. The number of aromatic nitrogens is 1. The Morgan fingerprint density at radius 3 is 2.49 bits per heavy atom. The van der Waals surface area contributed by atoms with E-state index in [-0.39, 0.29) is 36.4 Å². The molecule has 1 heterocycles. The number of rotatable bonds is 13. The Labute approximate surface area is 219 Å². The number of carboxylic acid groups (broad SMARTS) is 1. The van der Waals surface area contributed by atoms with Gasteiger partial charge in [0.05, 0.1) is 25.1 Å². The van der Waals surface area contributed by atoms with Crippen LogP contribution in [-0.4, -0.2) is 51.0 Å². The summed E-state index contributed by atoms with van der Waals surface area (Å²) in [6, 6.07) is 12.2. The first-order valence-corrected chi connectivity index (χ1v) is 12.4. The van der Waals surface area contributed by atoms with E-state index in [1.165, 1.54) is 35.9 Å². The van der Waals surface area contributed by atoms with Gasteiger partial charge in [0.25, 0.3) is 0 Å². The number of aromatic hydroxyl groups is 2. The Kier molecular flexibility index (Phi) is 8.45. The van der Waals surface area contributed by atoms with Crippen LogP contribution in [0.2, 0.25) is 5.02 Å². The first-order chi connectivity index (χ1) is 17.7. The maximum absolute atomic E-state index is 14.3. The van der Waals surface area contributed by atoms with Crippen molar-refractivity contribution in [3.05, 3.63) is 70.5 Å². The fourth-order valence-corrected chi connectivity index (χ4v) is 4.48. The second kappa shape index (κ2) is 11.7. The van der Waals surface area contributed by atoms with E-state index >= 15 is 0 Å². The fourth-order valence-electron chi connectivity index (χ4n) is 4.36. The Hall–Kier alpha value is -3.43. The zero-order valence-corrected chi connectivity index (χ0v) is 21.2. The van der Waals surface area contributed by atoms with Crippen LogP contribution in [0.15, 0.2) is 48.5 Å². The summed E-state index contributed by atoms with van der Waals surface area (Å²) < 4.78 is 26.9. The van der Waals surface area contributed by atoms with Crippen LogP contribution < -0.4 is 9.47 Å². The summed E-state index contributed by atoms with van der Waals surface area (Å²) in [4.78, 5) is 13.8. The molecule has 1 unspecified atom stereocenters. The van der Waals surface area contributed by atoms with E-state index in [1.54, 1.807) is 12.1 Å². The molecule has 8 nitrogen and oxygen atoms in total. The highest BCUT2D eigenvalue weighted by atomic mass is 35.5. The number of aliphatic carboxylic acids is 1. The molecule has 2 aromatic carbocycles. The van der Waals surface area contributed by atoms with E-state index in [2.05, 4.69) is 4.90 Å². The highest BCUT2D eigenvalue weighted by Crippen LogP contribution is 2.37. The van der Waals surface area contributed by atoms with Crippen LogP contribution in [0.1, 0.15) is 36.4 Å². The molecular weight excluding hydrogens is 503 g/mol.